The summed E-state index contributed by atoms with van der Waals surface area (Å²) >= 11 is 0. The zero-order chi connectivity index (χ0) is 25.2. The van der Waals surface area contributed by atoms with Gasteiger partial charge in [-0.25, -0.2) is 4.79 Å². The Labute approximate surface area is 206 Å². The molecule has 1 aliphatic rings. The number of amides is 1. The van der Waals surface area contributed by atoms with E-state index in [1.54, 1.807) is 61.9 Å². The maximum atomic E-state index is 13.3. The zero-order valence-corrected chi connectivity index (χ0v) is 19.5. The molecule has 0 aliphatic carbocycles. The second-order valence-electron chi connectivity index (χ2n) is 8.38. The molecule has 2 aromatic carbocycles. The standard InChI is InChI=1S/C28H23N3O5/c1-2-36-28(35)18-11-9-17(10-12-18)16-31-24(19-6-5-13-29-14-19)23(26(33)27(31)34)25(32)21-15-30-22-8-4-3-7-20(21)22/h3-15,24,30,32H,2,16H2,1H3/b25-23-. The van der Waals surface area contributed by atoms with Gasteiger partial charge in [-0.2, -0.15) is 0 Å². The van der Waals surface area contributed by atoms with E-state index in [9.17, 15) is 19.5 Å². The summed E-state index contributed by atoms with van der Waals surface area (Å²) in [5.74, 6) is -2.17. The van der Waals surface area contributed by atoms with E-state index < -0.39 is 23.7 Å². The summed E-state index contributed by atoms with van der Waals surface area (Å²) in [6, 6.07) is 16.7. The van der Waals surface area contributed by atoms with Crippen LogP contribution in [0.2, 0.25) is 0 Å². The first-order chi connectivity index (χ1) is 17.5. The van der Waals surface area contributed by atoms with Crippen LogP contribution in [0.4, 0.5) is 0 Å². The van der Waals surface area contributed by atoms with Crippen LogP contribution in [0.25, 0.3) is 16.7 Å². The number of aliphatic hydroxyl groups excluding tert-OH is 1. The van der Waals surface area contributed by atoms with Gasteiger partial charge in [-0.05, 0) is 42.3 Å². The Balaban J connectivity index is 1.57. The van der Waals surface area contributed by atoms with Crippen LogP contribution in [0.5, 0.6) is 0 Å². The highest BCUT2D eigenvalue weighted by molar-refractivity contribution is 6.46. The molecule has 1 saturated heterocycles. The van der Waals surface area contributed by atoms with Gasteiger partial charge in [-0.1, -0.05) is 36.4 Å². The molecule has 1 amide bonds. The number of ketones is 1. The van der Waals surface area contributed by atoms with E-state index in [1.165, 1.54) is 4.90 Å². The number of fused-ring (bicyclic) bond motifs is 1. The van der Waals surface area contributed by atoms with Crippen molar-refractivity contribution < 1.29 is 24.2 Å². The van der Waals surface area contributed by atoms with E-state index in [1.807, 2.05) is 24.3 Å². The highest BCUT2D eigenvalue weighted by atomic mass is 16.5. The van der Waals surface area contributed by atoms with E-state index in [-0.39, 0.29) is 24.5 Å². The third-order valence-corrected chi connectivity index (χ3v) is 6.20. The Bertz CT molecular complexity index is 1490. The fraction of sp³-hybridized carbons (Fsp3) is 0.143. The van der Waals surface area contributed by atoms with Crippen molar-refractivity contribution in [2.45, 2.75) is 19.5 Å². The van der Waals surface area contributed by atoms with Crippen molar-refractivity contribution in [1.29, 1.82) is 0 Å². The predicted molar refractivity (Wildman–Crippen MR) is 133 cm³/mol. The number of hydrogen-bond donors (Lipinski definition) is 2. The molecule has 0 radical (unpaired) electrons. The summed E-state index contributed by atoms with van der Waals surface area (Å²) in [6.07, 6.45) is 4.81. The first kappa shape index (κ1) is 23.0. The Kier molecular flexibility index (Phi) is 6.08. The number of Topliss-reactive ketones (excluding diaryl/α,β-unsaturated/α-hetero) is 1. The van der Waals surface area contributed by atoms with E-state index in [0.717, 1.165) is 10.9 Å². The molecule has 2 N–H and O–H groups in total. The second-order valence-corrected chi connectivity index (χ2v) is 8.38. The molecular weight excluding hydrogens is 458 g/mol. The van der Waals surface area contributed by atoms with Gasteiger partial charge in [-0.15, -0.1) is 0 Å². The number of hydrogen-bond acceptors (Lipinski definition) is 6. The van der Waals surface area contributed by atoms with Crippen molar-refractivity contribution in [3.63, 3.8) is 0 Å². The van der Waals surface area contributed by atoms with Crippen molar-refractivity contribution in [3.05, 3.63) is 107 Å². The molecule has 0 spiro atoms. The quantitative estimate of drug-likeness (QED) is 0.183. The number of pyridine rings is 1. The molecule has 4 aromatic rings. The third-order valence-electron chi connectivity index (χ3n) is 6.20. The van der Waals surface area contributed by atoms with Gasteiger partial charge in [-0.3, -0.25) is 14.6 Å². The maximum absolute atomic E-state index is 13.3. The summed E-state index contributed by atoms with van der Waals surface area (Å²) in [7, 11) is 0. The maximum Gasteiger partial charge on any atom is 0.338 e. The van der Waals surface area contributed by atoms with Crippen LogP contribution in [0.1, 0.15) is 40.0 Å². The minimum atomic E-state index is -0.836. The topological polar surface area (TPSA) is 113 Å². The molecule has 8 nitrogen and oxygen atoms in total. The average molecular weight is 482 g/mol. The fourth-order valence-electron chi connectivity index (χ4n) is 4.50. The molecule has 2 aromatic heterocycles. The minimum Gasteiger partial charge on any atom is -0.507 e. The lowest BCUT2D eigenvalue weighted by Gasteiger charge is -2.25. The van der Waals surface area contributed by atoms with Gasteiger partial charge in [0.05, 0.1) is 23.8 Å². The molecule has 1 fully saturated rings. The van der Waals surface area contributed by atoms with Crippen LogP contribution in [-0.2, 0) is 20.9 Å². The molecule has 1 atom stereocenters. The Hall–Kier alpha value is -4.72. The Morgan fingerprint density at radius 3 is 2.58 bits per heavy atom. The molecule has 0 bridgehead atoms. The summed E-state index contributed by atoms with van der Waals surface area (Å²) in [5.41, 5.74) is 2.95. The zero-order valence-electron chi connectivity index (χ0n) is 19.5. The highest BCUT2D eigenvalue weighted by Crippen LogP contribution is 2.41. The second kappa shape index (κ2) is 9.50. The number of nitrogens with zero attached hydrogens (tertiary/aromatic N) is 2. The van der Waals surface area contributed by atoms with Crippen LogP contribution < -0.4 is 0 Å². The van der Waals surface area contributed by atoms with Crippen LogP contribution in [-0.4, -0.2) is 44.2 Å². The minimum absolute atomic E-state index is 0.000830. The monoisotopic (exact) mass is 481 g/mol. The largest absolute Gasteiger partial charge is 0.507 e. The number of para-hydroxylation sites is 1. The van der Waals surface area contributed by atoms with Gasteiger partial charge in [0.25, 0.3) is 11.7 Å². The van der Waals surface area contributed by atoms with Crippen molar-refractivity contribution in [1.82, 2.24) is 14.9 Å². The summed E-state index contributed by atoms with van der Waals surface area (Å²) in [5, 5.41) is 12.1. The third kappa shape index (κ3) is 4.02. The molecule has 36 heavy (non-hydrogen) atoms. The number of aromatic amines is 1. The number of esters is 1. The first-order valence-corrected chi connectivity index (χ1v) is 11.5. The van der Waals surface area contributed by atoms with Crippen LogP contribution in [0.15, 0.2) is 84.8 Å². The van der Waals surface area contributed by atoms with Crippen molar-refractivity contribution in [3.8, 4) is 0 Å². The molecule has 3 heterocycles. The van der Waals surface area contributed by atoms with E-state index >= 15 is 0 Å². The van der Waals surface area contributed by atoms with E-state index in [4.69, 9.17) is 4.74 Å². The molecule has 1 aliphatic heterocycles. The number of aromatic nitrogens is 2. The molecule has 1 unspecified atom stereocenters. The number of aliphatic hydroxyl groups is 1. The van der Waals surface area contributed by atoms with Crippen molar-refractivity contribution in [2.75, 3.05) is 6.61 Å². The number of ether oxygens (including phenoxy) is 1. The smallest absolute Gasteiger partial charge is 0.338 e. The van der Waals surface area contributed by atoms with E-state index in [0.29, 0.717) is 22.3 Å². The molecular formula is C28H23N3O5. The van der Waals surface area contributed by atoms with Crippen LogP contribution in [0, 0.1) is 0 Å². The van der Waals surface area contributed by atoms with Gasteiger partial charge in [0.1, 0.15) is 5.76 Å². The normalized spacial score (nSPS) is 17.0. The average Bonchev–Trinajstić information content (AvgIpc) is 3.44. The molecule has 0 saturated carbocycles. The fourth-order valence-corrected chi connectivity index (χ4v) is 4.50. The lowest BCUT2D eigenvalue weighted by atomic mass is 9.96. The first-order valence-electron chi connectivity index (χ1n) is 11.5. The number of rotatable bonds is 6. The van der Waals surface area contributed by atoms with Gasteiger partial charge < -0.3 is 19.7 Å². The van der Waals surface area contributed by atoms with Crippen molar-refractivity contribution >= 4 is 34.3 Å². The molecule has 5 rings (SSSR count). The number of nitrogens with one attached hydrogen (secondary N) is 1. The SMILES string of the molecule is CCOC(=O)c1ccc(CN2C(=O)C(=O)/C(=C(\O)c3c[nH]c4ccccc34)C2c2cccnc2)cc1. The van der Waals surface area contributed by atoms with Gasteiger partial charge in [0.15, 0.2) is 0 Å². The van der Waals surface area contributed by atoms with Crippen LogP contribution in [0.3, 0.4) is 0 Å². The lowest BCUT2D eigenvalue weighted by molar-refractivity contribution is -0.140. The van der Waals surface area contributed by atoms with Gasteiger partial charge in [0, 0.05) is 41.6 Å². The summed E-state index contributed by atoms with van der Waals surface area (Å²) in [4.78, 5) is 47.2. The number of carbonyl (C=O) groups is 3. The number of carbonyl (C=O) groups excluding carboxylic acids is 3. The summed E-state index contributed by atoms with van der Waals surface area (Å²) < 4.78 is 5.02. The number of likely N-dealkylation sites (tertiary alicyclic amines) is 1. The van der Waals surface area contributed by atoms with Gasteiger partial charge >= 0.3 is 5.97 Å². The summed E-state index contributed by atoms with van der Waals surface area (Å²) in [6.45, 7) is 2.10. The number of benzene rings is 2. The molecule has 180 valence electrons. The van der Waals surface area contributed by atoms with Crippen molar-refractivity contribution in [2.24, 2.45) is 0 Å². The van der Waals surface area contributed by atoms with Crippen LogP contribution >= 0.6 is 0 Å². The Morgan fingerprint density at radius 1 is 1.08 bits per heavy atom. The molecule has 8 heteroatoms. The predicted octanol–water partition coefficient (Wildman–Crippen LogP) is 4.36. The Morgan fingerprint density at radius 2 is 1.86 bits per heavy atom. The number of H-pyrrole nitrogens is 1. The van der Waals surface area contributed by atoms with Gasteiger partial charge in [0.2, 0.25) is 0 Å². The lowest BCUT2D eigenvalue weighted by Crippen LogP contribution is -2.29. The highest BCUT2D eigenvalue weighted by Gasteiger charge is 2.46. The van der Waals surface area contributed by atoms with E-state index in [2.05, 4.69) is 9.97 Å².